The number of carbonyl (C=O) groups is 1. The van der Waals surface area contributed by atoms with Gasteiger partial charge in [-0.15, -0.1) is 0 Å². The van der Waals surface area contributed by atoms with E-state index in [0.717, 1.165) is 63.4 Å². The first-order chi connectivity index (χ1) is 17.7. The van der Waals surface area contributed by atoms with Crippen molar-refractivity contribution in [2.24, 2.45) is 0 Å². The van der Waals surface area contributed by atoms with Crippen molar-refractivity contribution in [2.45, 2.75) is 58.0 Å². The highest BCUT2D eigenvalue weighted by atomic mass is 16.2. The molecule has 36 heavy (non-hydrogen) atoms. The minimum atomic E-state index is 0.0294. The van der Waals surface area contributed by atoms with Gasteiger partial charge >= 0.3 is 0 Å². The van der Waals surface area contributed by atoms with Crippen molar-refractivity contribution in [3.8, 4) is 0 Å². The van der Waals surface area contributed by atoms with Crippen molar-refractivity contribution in [2.75, 3.05) is 13.1 Å². The van der Waals surface area contributed by atoms with E-state index in [2.05, 4.69) is 50.3 Å². The zero-order valence-corrected chi connectivity index (χ0v) is 21.0. The van der Waals surface area contributed by atoms with Crippen LogP contribution < -0.4 is 0 Å². The lowest BCUT2D eigenvalue weighted by molar-refractivity contribution is 0.0704. The van der Waals surface area contributed by atoms with Gasteiger partial charge in [-0.2, -0.15) is 0 Å². The van der Waals surface area contributed by atoms with Crippen LogP contribution in [0.2, 0.25) is 0 Å². The molecule has 1 saturated heterocycles. The average molecular weight is 483 g/mol. The van der Waals surface area contributed by atoms with Crippen molar-refractivity contribution < 1.29 is 4.79 Å². The number of pyridine rings is 1. The van der Waals surface area contributed by atoms with Crippen LogP contribution in [0.4, 0.5) is 0 Å². The van der Waals surface area contributed by atoms with Crippen molar-refractivity contribution in [1.29, 1.82) is 0 Å². The van der Waals surface area contributed by atoms with Crippen molar-refractivity contribution in [3.63, 3.8) is 0 Å². The Morgan fingerprint density at radius 1 is 0.889 bits per heavy atom. The Morgan fingerprint density at radius 2 is 1.67 bits per heavy atom. The molecule has 3 aromatic heterocycles. The van der Waals surface area contributed by atoms with Crippen LogP contribution >= 0.6 is 0 Å². The molecule has 1 amide bonds. The Kier molecular flexibility index (Phi) is 7.55. The Morgan fingerprint density at radius 3 is 2.42 bits per heavy atom. The molecular formula is C29H34N6O. The van der Waals surface area contributed by atoms with Crippen LogP contribution in [0.15, 0.2) is 73.4 Å². The SMILES string of the molecule is CCCCc1ccc(C(=O)N2CCC(c3nccn3Cc3nccn3Cc3ccccc3)CC2)nc1. The fraction of sp³-hybridized carbons (Fsp3) is 0.379. The largest absolute Gasteiger partial charge is 0.337 e. The molecule has 0 radical (unpaired) electrons. The predicted octanol–water partition coefficient (Wildman–Crippen LogP) is 4.93. The first-order valence-electron chi connectivity index (χ1n) is 13.0. The molecule has 4 aromatic rings. The highest BCUT2D eigenvalue weighted by Gasteiger charge is 2.27. The van der Waals surface area contributed by atoms with Crippen LogP contribution in [0.5, 0.6) is 0 Å². The number of hydrogen-bond acceptors (Lipinski definition) is 4. The summed E-state index contributed by atoms with van der Waals surface area (Å²) in [6, 6.07) is 14.4. The van der Waals surface area contributed by atoms with E-state index in [9.17, 15) is 4.79 Å². The summed E-state index contributed by atoms with van der Waals surface area (Å²) in [5.41, 5.74) is 2.99. The molecule has 0 unspecified atom stereocenters. The maximum Gasteiger partial charge on any atom is 0.272 e. The smallest absolute Gasteiger partial charge is 0.272 e. The minimum Gasteiger partial charge on any atom is -0.337 e. The van der Waals surface area contributed by atoms with E-state index in [1.807, 2.05) is 54.1 Å². The molecule has 0 atom stereocenters. The molecule has 0 saturated carbocycles. The normalized spacial score (nSPS) is 14.3. The lowest BCUT2D eigenvalue weighted by Gasteiger charge is -2.31. The van der Waals surface area contributed by atoms with Crippen LogP contribution in [-0.2, 0) is 19.5 Å². The summed E-state index contributed by atoms with van der Waals surface area (Å²) >= 11 is 0. The van der Waals surface area contributed by atoms with E-state index in [1.165, 1.54) is 11.1 Å². The highest BCUT2D eigenvalue weighted by molar-refractivity contribution is 5.92. The molecule has 0 bridgehead atoms. The van der Waals surface area contributed by atoms with Crippen molar-refractivity contribution >= 4 is 5.91 Å². The standard InChI is InChI=1S/C29H34N6O/c1-2-3-7-23-10-11-26(32-20-23)29(36)33-16-12-25(13-17-33)28-31-15-19-35(28)22-27-30-14-18-34(27)21-24-8-5-4-6-9-24/h4-6,8-11,14-15,18-20,25H,2-3,7,12-13,16-17,21-22H2,1H3. The van der Waals surface area contributed by atoms with E-state index < -0.39 is 0 Å². The third-order valence-corrected chi connectivity index (χ3v) is 7.07. The maximum absolute atomic E-state index is 13.0. The molecule has 0 spiro atoms. The van der Waals surface area contributed by atoms with E-state index in [4.69, 9.17) is 4.98 Å². The molecule has 1 aliphatic rings. The second-order valence-corrected chi connectivity index (χ2v) is 9.59. The van der Waals surface area contributed by atoms with Crippen LogP contribution in [-0.4, -0.2) is 48.0 Å². The zero-order chi connectivity index (χ0) is 24.7. The van der Waals surface area contributed by atoms with Crippen LogP contribution in [0.25, 0.3) is 0 Å². The fourth-order valence-electron chi connectivity index (χ4n) is 4.97. The number of likely N-dealkylation sites (tertiary alicyclic amines) is 1. The number of aryl methyl sites for hydroxylation is 1. The van der Waals surface area contributed by atoms with Gasteiger partial charge in [0, 0.05) is 56.5 Å². The van der Waals surface area contributed by atoms with E-state index in [1.54, 1.807) is 0 Å². The number of rotatable bonds is 9. The highest BCUT2D eigenvalue weighted by Crippen LogP contribution is 2.28. The summed E-state index contributed by atoms with van der Waals surface area (Å²) in [7, 11) is 0. The van der Waals surface area contributed by atoms with Crippen molar-refractivity contribution in [3.05, 3.63) is 102 Å². The molecule has 7 nitrogen and oxygen atoms in total. The number of amides is 1. The number of aromatic nitrogens is 5. The van der Waals surface area contributed by atoms with Gasteiger partial charge in [-0.05, 0) is 42.9 Å². The molecule has 1 aromatic carbocycles. The molecule has 0 aliphatic carbocycles. The summed E-state index contributed by atoms with van der Waals surface area (Å²) in [6.45, 7) is 5.11. The second kappa shape index (κ2) is 11.3. The number of carbonyl (C=O) groups excluding carboxylic acids is 1. The Labute approximate surface area is 212 Å². The lowest BCUT2D eigenvalue weighted by Crippen LogP contribution is -2.38. The molecule has 7 heteroatoms. The predicted molar refractivity (Wildman–Crippen MR) is 140 cm³/mol. The summed E-state index contributed by atoms with van der Waals surface area (Å²) < 4.78 is 4.41. The maximum atomic E-state index is 13.0. The second-order valence-electron chi connectivity index (χ2n) is 9.59. The number of imidazole rings is 2. The summed E-state index contributed by atoms with van der Waals surface area (Å²) in [5, 5.41) is 0. The lowest BCUT2D eigenvalue weighted by atomic mass is 9.95. The first kappa shape index (κ1) is 24.0. The average Bonchev–Trinajstić information content (AvgIpc) is 3.58. The molecular weight excluding hydrogens is 448 g/mol. The third-order valence-electron chi connectivity index (χ3n) is 7.07. The quantitative estimate of drug-likeness (QED) is 0.339. The summed E-state index contributed by atoms with van der Waals surface area (Å²) in [4.78, 5) is 28.7. The summed E-state index contributed by atoms with van der Waals surface area (Å²) in [6.07, 6.45) is 14.8. The number of benzene rings is 1. The first-order valence-corrected chi connectivity index (χ1v) is 13.0. The van der Waals surface area contributed by atoms with Crippen molar-refractivity contribution in [1.82, 2.24) is 29.0 Å². The number of unbranched alkanes of at least 4 members (excludes halogenated alkanes) is 1. The van der Waals surface area contributed by atoms with E-state index in [-0.39, 0.29) is 5.91 Å². The Balaban J connectivity index is 1.20. The third kappa shape index (κ3) is 5.56. The summed E-state index contributed by atoms with van der Waals surface area (Å²) in [5.74, 6) is 2.45. The molecule has 0 N–H and O–H groups in total. The monoisotopic (exact) mass is 482 g/mol. The molecule has 1 aliphatic heterocycles. The molecule has 5 rings (SSSR count). The minimum absolute atomic E-state index is 0.0294. The van der Waals surface area contributed by atoms with Gasteiger partial charge < -0.3 is 14.0 Å². The van der Waals surface area contributed by atoms with Crippen LogP contribution in [0, 0.1) is 0 Å². The molecule has 4 heterocycles. The zero-order valence-electron chi connectivity index (χ0n) is 21.0. The van der Waals surface area contributed by atoms with E-state index >= 15 is 0 Å². The Bertz CT molecular complexity index is 1250. The van der Waals surface area contributed by atoms with Gasteiger partial charge in [0.2, 0.25) is 0 Å². The van der Waals surface area contributed by atoms with Gasteiger partial charge in [-0.1, -0.05) is 49.7 Å². The molecule has 186 valence electrons. The fourth-order valence-corrected chi connectivity index (χ4v) is 4.97. The Hall–Kier alpha value is -3.74. The van der Waals surface area contributed by atoms with Gasteiger partial charge in [0.15, 0.2) is 0 Å². The van der Waals surface area contributed by atoms with Crippen LogP contribution in [0.1, 0.15) is 71.8 Å². The number of piperidine rings is 1. The van der Waals surface area contributed by atoms with Gasteiger partial charge in [-0.3, -0.25) is 9.78 Å². The van der Waals surface area contributed by atoms with Gasteiger partial charge in [0.25, 0.3) is 5.91 Å². The van der Waals surface area contributed by atoms with Gasteiger partial charge in [-0.25, -0.2) is 9.97 Å². The van der Waals surface area contributed by atoms with Gasteiger partial charge in [0.05, 0.1) is 6.54 Å². The molecule has 1 fully saturated rings. The number of nitrogens with zero attached hydrogens (tertiary/aromatic N) is 6. The topological polar surface area (TPSA) is 68.8 Å². The van der Waals surface area contributed by atoms with Gasteiger partial charge in [0.1, 0.15) is 17.3 Å². The number of hydrogen-bond donors (Lipinski definition) is 0. The van der Waals surface area contributed by atoms with Crippen LogP contribution in [0.3, 0.4) is 0 Å². The van der Waals surface area contributed by atoms with E-state index in [0.29, 0.717) is 18.2 Å².